The first-order chi connectivity index (χ1) is 9.60. The van der Waals surface area contributed by atoms with E-state index in [9.17, 15) is 4.79 Å². The first-order valence-electron chi connectivity index (χ1n) is 6.43. The second-order valence-electron chi connectivity index (χ2n) is 4.51. The molecule has 0 saturated carbocycles. The normalized spacial score (nSPS) is 10.3. The van der Waals surface area contributed by atoms with E-state index >= 15 is 0 Å². The SMILES string of the molecule is COc1ccc(OCCC(=O)n2nc(C)cc2C)cc1. The van der Waals surface area contributed by atoms with Gasteiger partial charge in [-0.15, -0.1) is 0 Å². The topological polar surface area (TPSA) is 53.4 Å². The summed E-state index contributed by atoms with van der Waals surface area (Å²) in [5.74, 6) is 1.42. The number of carbonyl (C=O) groups excluding carboxylic acids is 1. The van der Waals surface area contributed by atoms with Crippen molar-refractivity contribution in [2.75, 3.05) is 13.7 Å². The third kappa shape index (κ3) is 3.38. The summed E-state index contributed by atoms with van der Waals surface area (Å²) >= 11 is 0. The molecule has 1 heterocycles. The number of hydrogen-bond donors (Lipinski definition) is 0. The summed E-state index contributed by atoms with van der Waals surface area (Å²) in [6.45, 7) is 4.05. The van der Waals surface area contributed by atoms with Gasteiger partial charge in [-0.2, -0.15) is 5.10 Å². The molecule has 5 heteroatoms. The van der Waals surface area contributed by atoms with E-state index in [1.165, 1.54) is 4.68 Å². The Morgan fingerprint density at radius 2 is 1.85 bits per heavy atom. The van der Waals surface area contributed by atoms with Crippen molar-refractivity contribution >= 4 is 5.91 Å². The Morgan fingerprint density at radius 1 is 1.20 bits per heavy atom. The van der Waals surface area contributed by atoms with Crippen molar-refractivity contribution in [2.45, 2.75) is 20.3 Å². The predicted molar refractivity (Wildman–Crippen MR) is 75.4 cm³/mol. The minimum Gasteiger partial charge on any atom is -0.497 e. The molecule has 0 aliphatic rings. The van der Waals surface area contributed by atoms with Crippen molar-refractivity contribution in [3.63, 3.8) is 0 Å². The molecule has 0 fully saturated rings. The molecule has 20 heavy (non-hydrogen) atoms. The van der Waals surface area contributed by atoms with E-state index in [-0.39, 0.29) is 12.3 Å². The largest absolute Gasteiger partial charge is 0.497 e. The highest BCUT2D eigenvalue weighted by atomic mass is 16.5. The molecule has 0 spiro atoms. The van der Waals surface area contributed by atoms with Gasteiger partial charge in [0, 0.05) is 5.69 Å². The average molecular weight is 274 g/mol. The van der Waals surface area contributed by atoms with Crippen molar-refractivity contribution in [3.05, 3.63) is 41.7 Å². The lowest BCUT2D eigenvalue weighted by Crippen LogP contribution is -2.17. The third-order valence-electron chi connectivity index (χ3n) is 2.89. The highest BCUT2D eigenvalue weighted by molar-refractivity contribution is 5.78. The van der Waals surface area contributed by atoms with Crippen molar-refractivity contribution in [2.24, 2.45) is 0 Å². The smallest absolute Gasteiger partial charge is 0.250 e. The number of hydrogen-bond acceptors (Lipinski definition) is 4. The van der Waals surface area contributed by atoms with Gasteiger partial charge in [-0.3, -0.25) is 4.79 Å². The summed E-state index contributed by atoms with van der Waals surface area (Å²) in [7, 11) is 1.61. The Hall–Kier alpha value is -2.30. The van der Waals surface area contributed by atoms with Gasteiger partial charge in [0.05, 0.1) is 25.8 Å². The van der Waals surface area contributed by atoms with Crippen LogP contribution in [-0.4, -0.2) is 29.4 Å². The number of aryl methyl sites for hydroxylation is 2. The van der Waals surface area contributed by atoms with Crippen LogP contribution in [0.3, 0.4) is 0 Å². The molecule has 0 unspecified atom stereocenters. The van der Waals surface area contributed by atoms with E-state index in [1.54, 1.807) is 7.11 Å². The summed E-state index contributed by atoms with van der Waals surface area (Å²) in [5.41, 5.74) is 1.68. The van der Waals surface area contributed by atoms with Gasteiger partial charge >= 0.3 is 0 Å². The minimum absolute atomic E-state index is 0.0656. The maximum atomic E-state index is 12.0. The number of rotatable bonds is 5. The van der Waals surface area contributed by atoms with Gasteiger partial charge in [0.15, 0.2) is 0 Å². The highest BCUT2D eigenvalue weighted by Crippen LogP contribution is 2.17. The molecule has 5 nitrogen and oxygen atoms in total. The average Bonchev–Trinajstić information content (AvgIpc) is 2.78. The van der Waals surface area contributed by atoms with Crippen molar-refractivity contribution < 1.29 is 14.3 Å². The standard InChI is InChI=1S/C15H18N2O3/c1-11-10-12(2)17(16-11)15(18)8-9-20-14-6-4-13(19-3)5-7-14/h4-7,10H,8-9H2,1-3H3. The molecule has 0 bridgehead atoms. The van der Waals surface area contributed by atoms with Gasteiger partial charge in [0.2, 0.25) is 0 Å². The monoisotopic (exact) mass is 274 g/mol. The lowest BCUT2D eigenvalue weighted by Gasteiger charge is -2.07. The van der Waals surface area contributed by atoms with Crippen LogP contribution in [0, 0.1) is 13.8 Å². The van der Waals surface area contributed by atoms with Gasteiger partial charge in [0.1, 0.15) is 11.5 Å². The maximum absolute atomic E-state index is 12.0. The second-order valence-corrected chi connectivity index (χ2v) is 4.51. The van der Waals surface area contributed by atoms with Gasteiger partial charge < -0.3 is 9.47 Å². The van der Waals surface area contributed by atoms with Gasteiger partial charge in [-0.05, 0) is 44.2 Å². The minimum atomic E-state index is -0.0656. The zero-order chi connectivity index (χ0) is 14.5. The zero-order valence-electron chi connectivity index (χ0n) is 11.9. The fourth-order valence-corrected chi connectivity index (χ4v) is 1.92. The Balaban J connectivity index is 1.86. The molecule has 106 valence electrons. The van der Waals surface area contributed by atoms with Crippen LogP contribution in [0.15, 0.2) is 30.3 Å². The first-order valence-corrected chi connectivity index (χ1v) is 6.43. The second kappa shape index (κ2) is 6.23. The summed E-state index contributed by atoms with van der Waals surface area (Å²) < 4.78 is 12.0. The molecule has 0 atom stereocenters. The van der Waals surface area contributed by atoms with Crippen LogP contribution in [0.5, 0.6) is 11.5 Å². The van der Waals surface area contributed by atoms with Crippen LogP contribution in [0.4, 0.5) is 0 Å². The molecule has 0 amide bonds. The number of aromatic nitrogens is 2. The number of carbonyl (C=O) groups is 1. The number of benzene rings is 1. The van der Waals surface area contributed by atoms with Crippen LogP contribution in [0.1, 0.15) is 22.6 Å². The molecule has 0 aliphatic carbocycles. The van der Waals surface area contributed by atoms with Crippen molar-refractivity contribution in [1.82, 2.24) is 9.78 Å². The lowest BCUT2D eigenvalue weighted by atomic mass is 10.3. The lowest BCUT2D eigenvalue weighted by molar-refractivity contribution is 0.0862. The predicted octanol–water partition coefficient (Wildman–Crippen LogP) is 2.62. The molecule has 2 aromatic rings. The molecular weight excluding hydrogens is 256 g/mol. The van der Waals surface area contributed by atoms with Crippen molar-refractivity contribution in [3.8, 4) is 11.5 Å². The summed E-state index contributed by atoms with van der Waals surface area (Å²) in [6, 6.07) is 9.14. The highest BCUT2D eigenvalue weighted by Gasteiger charge is 2.10. The molecular formula is C15H18N2O3. The summed E-state index contributed by atoms with van der Waals surface area (Å²) in [5, 5.41) is 4.15. The zero-order valence-corrected chi connectivity index (χ0v) is 11.9. The van der Waals surface area contributed by atoms with Crippen LogP contribution in [0.25, 0.3) is 0 Å². The fourth-order valence-electron chi connectivity index (χ4n) is 1.92. The molecule has 0 aliphatic heterocycles. The van der Waals surface area contributed by atoms with Crippen LogP contribution in [-0.2, 0) is 0 Å². The molecule has 0 N–H and O–H groups in total. The molecule has 1 aromatic carbocycles. The maximum Gasteiger partial charge on any atom is 0.250 e. The number of methoxy groups -OCH3 is 1. The Bertz CT molecular complexity index is 588. The third-order valence-corrected chi connectivity index (χ3v) is 2.89. The van der Waals surface area contributed by atoms with Gasteiger partial charge in [0.25, 0.3) is 5.91 Å². The molecule has 0 saturated heterocycles. The Kier molecular flexibility index (Phi) is 4.40. The quantitative estimate of drug-likeness (QED) is 0.841. The van der Waals surface area contributed by atoms with Crippen LogP contribution in [0.2, 0.25) is 0 Å². The molecule has 2 rings (SSSR count). The van der Waals surface area contributed by atoms with Gasteiger partial charge in [-0.1, -0.05) is 0 Å². The Labute approximate surface area is 118 Å². The van der Waals surface area contributed by atoms with Gasteiger partial charge in [-0.25, -0.2) is 4.68 Å². The number of ether oxygens (including phenoxy) is 2. The van der Waals surface area contributed by atoms with Crippen molar-refractivity contribution in [1.29, 1.82) is 0 Å². The summed E-state index contributed by atoms with van der Waals surface area (Å²) in [4.78, 5) is 12.0. The van der Waals surface area contributed by atoms with E-state index < -0.39 is 0 Å². The first kappa shape index (κ1) is 14.1. The molecule has 0 radical (unpaired) electrons. The van der Waals surface area contributed by atoms with Crippen LogP contribution < -0.4 is 9.47 Å². The number of nitrogens with zero attached hydrogens (tertiary/aromatic N) is 2. The molecule has 1 aromatic heterocycles. The fraction of sp³-hybridized carbons (Fsp3) is 0.333. The van der Waals surface area contributed by atoms with E-state index in [0.29, 0.717) is 12.4 Å². The van der Waals surface area contributed by atoms with Crippen LogP contribution >= 0.6 is 0 Å². The van der Waals surface area contributed by atoms with E-state index in [2.05, 4.69) is 5.10 Å². The van der Waals surface area contributed by atoms with E-state index in [4.69, 9.17) is 9.47 Å². The van der Waals surface area contributed by atoms with E-state index in [0.717, 1.165) is 17.1 Å². The summed E-state index contributed by atoms with van der Waals surface area (Å²) in [6.07, 6.45) is 0.286. The Morgan fingerprint density at radius 3 is 2.40 bits per heavy atom. The van der Waals surface area contributed by atoms with E-state index in [1.807, 2.05) is 44.2 Å².